The van der Waals surface area contributed by atoms with Crippen molar-refractivity contribution >= 4 is 23.2 Å². The number of rotatable bonds is 3. The fourth-order valence-electron chi connectivity index (χ4n) is 2.22. The third-order valence-electron chi connectivity index (χ3n) is 3.39. The highest BCUT2D eigenvalue weighted by Gasteiger charge is 2.30. The van der Waals surface area contributed by atoms with Gasteiger partial charge in [0.25, 0.3) is 5.91 Å². The topological polar surface area (TPSA) is 42.2 Å². The van der Waals surface area contributed by atoms with Gasteiger partial charge in [0.2, 0.25) is 0 Å². The van der Waals surface area contributed by atoms with Crippen molar-refractivity contribution in [1.29, 1.82) is 0 Å². The van der Waals surface area contributed by atoms with Crippen molar-refractivity contribution < 1.29 is 22.4 Å². The number of nitrogens with one attached hydrogen (secondary N) is 1. The molecule has 2 aromatic carbocycles. The molecule has 1 amide bonds. The van der Waals surface area contributed by atoms with Gasteiger partial charge in [-0.05, 0) is 42.5 Å². The number of benzene rings is 2. The van der Waals surface area contributed by atoms with E-state index in [1.807, 2.05) is 0 Å². The fraction of sp³-hybridized carbons (Fsp3) is 0.0556. The molecule has 1 heterocycles. The van der Waals surface area contributed by atoms with Crippen molar-refractivity contribution in [3.05, 3.63) is 77.0 Å². The lowest BCUT2D eigenvalue weighted by Crippen LogP contribution is -2.12. The largest absolute Gasteiger partial charge is 0.451 e. The zero-order chi connectivity index (χ0) is 18.0. The van der Waals surface area contributed by atoms with Crippen LogP contribution in [0.4, 0.5) is 18.9 Å². The van der Waals surface area contributed by atoms with Crippen molar-refractivity contribution in [3.8, 4) is 11.3 Å². The van der Waals surface area contributed by atoms with Crippen LogP contribution >= 0.6 is 11.6 Å². The van der Waals surface area contributed by atoms with Gasteiger partial charge >= 0.3 is 6.18 Å². The summed E-state index contributed by atoms with van der Waals surface area (Å²) in [6.45, 7) is 0. The fourth-order valence-corrected chi connectivity index (χ4v) is 2.41. The zero-order valence-electron chi connectivity index (χ0n) is 12.6. The smallest absolute Gasteiger partial charge is 0.416 e. The second-order valence-corrected chi connectivity index (χ2v) is 5.64. The number of carbonyl (C=O) groups excluding carboxylic acids is 1. The van der Waals surface area contributed by atoms with Crippen LogP contribution in [0.25, 0.3) is 11.3 Å². The van der Waals surface area contributed by atoms with Crippen LogP contribution in [0.2, 0.25) is 5.02 Å². The molecule has 0 saturated heterocycles. The molecule has 3 aromatic rings. The molecule has 1 N–H and O–H groups in total. The Morgan fingerprint density at radius 1 is 1.00 bits per heavy atom. The highest BCUT2D eigenvalue weighted by atomic mass is 35.5. The maximum Gasteiger partial charge on any atom is 0.416 e. The van der Waals surface area contributed by atoms with E-state index in [0.29, 0.717) is 16.3 Å². The van der Waals surface area contributed by atoms with E-state index in [1.54, 1.807) is 30.3 Å². The molecule has 0 radical (unpaired) electrons. The Hall–Kier alpha value is -2.73. The van der Waals surface area contributed by atoms with Crippen molar-refractivity contribution in [3.63, 3.8) is 0 Å². The summed E-state index contributed by atoms with van der Waals surface area (Å²) in [7, 11) is 0. The summed E-state index contributed by atoms with van der Waals surface area (Å²) in [6.07, 6.45) is -4.48. The summed E-state index contributed by atoms with van der Waals surface area (Å²) in [6, 6.07) is 14.3. The predicted molar refractivity (Wildman–Crippen MR) is 88.6 cm³/mol. The Kier molecular flexibility index (Phi) is 4.55. The van der Waals surface area contributed by atoms with Crippen molar-refractivity contribution in [2.24, 2.45) is 0 Å². The van der Waals surface area contributed by atoms with E-state index < -0.39 is 17.6 Å². The number of carbonyl (C=O) groups is 1. The minimum atomic E-state index is -4.48. The number of hydrogen-bond acceptors (Lipinski definition) is 2. The number of anilines is 1. The average molecular weight is 366 g/mol. The molecule has 0 aliphatic carbocycles. The first kappa shape index (κ1) is 17.1. The summed E-state index contributed by atoms with van der Waals surface area (Å²) in [4.78, 5) is 12.2. The summed E-state index contributed by atoms with van der Waals surface area (Å²) < 4.78 is 43.6. The molecule has 7 heteroatoms. The lowest BCUT2D eigenvalue weighted by molar-refractivity contribution is -0.137. The van der Waals surface area contributed by atoms with Crippen LogP contribution in [0.15, 0.2) is 65.1 Å². The zero-order valence-corrected chi connectivity index (χ0v) is 13.4. The van der Waals surface area contributed by atoms with Gasteiger partial charge in [-0.1, -0.05) is 29.8 Å². The molecule has 3 rings (SSSR count). The Morgan fingerprint density at radius 2 is 1.76 bits per heavy atom. The average Bonchev–Trinajstić information content (AvgIpc) is 3.04. The van der Waals surface area contributed by atoms with Gasteiger partial charge in [-0.15, -0.1) is 0 Å². The highest BCUT2D eigenvalue weighted by Crippen LogP contribution is 2.31. The van der Waals surface area contributed by atoms with Crippen LogP contribution in [0.5, 0.6) is 0 Å². The first-order chi connectivity index (χ1) is 11.8. The molecule has 128 valence electrons. The van der Waals surface area contributed by atoms with Crippen molar-refractivity contribution in [1.82, 2.24) is 0 Å². The Labute approximate surface area is 146 Å². The predicted octanol–water partition coefficient (Wildman–Crippen LogP) is 5.87. The molecular weight excluding hydrogens is 355 g/mol. The quantitative estimate of drug-likeness (QED) is 0.630. The molecule has 0 aliphatic rings. The van der Waals surface area contributed by atoms with Crippen LogP contribution in [-0.2, 0) is 6.18 Å². The second-order valence-electron chi connectivity index (χ2n) is 5.21. The molecule has 0 atom stereocenters. The summed E-state index contributed by atoms with van der Waals surface area (Å²) in [5.74, 6) is -0.239. The van der Waals surface area contributed by atoms with Crippen LogP contribution in [0, 0.1) is 0 Å². The first-order valence-electron chi connectivity index (χ1n) is 7.17. The van der Waals surface area contributed by atoms with Crippen molar-refractivity contribution in [2.75, 3.05) is 5.32 Å². The number of halogens is 4. The SMILES string of the molecule is O=C(Nc1cccc(C(F)(F)F)c1)c1ccc(-c2cccc(Cl)c2)o1. The normalized spacial score (nSPS) is 11.4. The number of amides is 1. The molecular formula is C18H11ClF3NO2. The molecule has 0 aliphatic heterocycles. The number of alkyl halides is 3. The van der Waals surface area contributed by atoms with Crippen LogP contribution < -0.4 is 5.32 Å². The molecule has 0 saturated carbocycles. The maximum absolute atomic E-state index is 12.7. The van der Waals surface area contributed by atoms with Gasteiger partial charge in [0.05, 0.1) is 5.56 Å². The van der Waals surface area contributed by atoms with Crippen LogP contribution in [-0.4, -0.2) is 5.91 Å². The Bertz CT molecular complexity index is 918. The van der Waals surface area contributed by atoms with E-state index >= 15 is 0 Å². The van der Waals surface area contributed by atoms with Gasteiger partial charge in [-0.3, -0.25) is 4.79 Å². The lowest BCUT2D eigenvalue weighted by atomic mass is 10.2. The first-order valence-corrected chi connectivity index (χ1v) is 7.55. The van der Waals surface area contributed by atoms with Gasteiger partial charge in [0.1, 0.15) is 5.76 Å². The summed E-state index contributed by atoms with van der Waals surface area (Å²) in [5.41, 5.74) is -0.129. The molecule has 0 fully saturated rings. The standard InChI is InChI=1S/C18H11ClF3NO2/c19-13-5-1-3-11(9-13)15-7-8-16(25-15)17(24)23-14-6-2-4-12(10-14)18(20,21)22/h1-10H,(H,23,24). The van der Waals surface area contributed by atoms with Gasteiger partial charge < -0.3 is 9.73 Å². The van der Waals surface area contributed by atoms with Gasteiger partial charge in [0.15, 0.2) is 5.76 Å². The molecule has 3 nitrogen and oxygen atoms in total. The second kappa shape index (κ2) is 6.64. The monoisotopic (exact) mass is 365 g/mol. The third kappa shape index (κ3) is 4.03. The van der Waals surface area contributed by atoms with Crippen LogP contribution in [0.1, 0.15) is 16.1 Å². The molecule has 0 spiro atoms. The van der Waals surface area contributed by atoms with E-state index in [0.717, 1.165) is 12.1 Å². The molecule has 1 aromatic heterocycles. The summed E-state index contributed by atoms with van der Waals surface area (Å²) in [5, 5.41) is 2.91. The van der Waals surface area contributed by atoms with E-state index in [1.165, 1.54) is 18.2 Å². The number of hydrogen-bond donors (Lipinski definition) is 1. The van der Waals surface area contributed by atoms with Crippen molar-refractivity contribution in [2.45, 2.75) is 6.18 Å². The molecule has 0 unspecified atom stereocenters. The lowest BCUT2D eigenvalue weighted by Gasteiger charge is -2.09. The molecule has 0 bridgehead atoms. The minimum absolute atomic E-state index is 0.0209. The Morgan fingerprint density at radius 3 is 2.48 bits per heavy atom. The maximum atomic E-state index is 12.7. The highest BCUT2D eigenvalue weighted by molar-refractivity contribution is 6.30. The Balaban J connectivity index is 1.79. The van der Waals surface area contributed by atoms with E-state index in [2.05, 4.69) is 5.32 Å². The van der Waals surface area contributed by atoms with Gasteiger partial charge in [-0.2, -0.15) is 13.2 Å². The van der Waals surface area contributed by atoms with Gasteiger partial charge in [-0.25, -0.2) is 0 Å². The third-order valence-corrected chi connectivity index (χ3v) is 3.62. The van der Waals surface area contributed by atoms with Gasteiger partial charge in [0, 0.05) is 16.3 Å². The summed E-state index contributed by atoms with van der Waals surface area (Å²) >= 11 is 5.91. The number of furan rings is 1. The van der Waals surface area contributed by atoms with E-state index in [4.69, 9.17) is 16.0 Å². The minimum Gasteiger partial charge on any atom is -0.451 e. The van der Waals surface area contributed by atoms with E-state index in [-0.39, 0.29) is 11.4 Å². The van der Waals surface area contributed by atoms with E-state index in [9.17, 15) is 18.0 Å². The molecule has 25 heavy (non-hydrogen) atoms. The van der Waals surface area contributed by atoms with Crippen LogP contribution in [0.3, 0.4) is 0 Å².